The second-order valence-electron chi connectivity index (χ2n) is 4.70. The van der Waals surface area contributed by atoms with E-state index in [2.05, 4.69) is 44.9 Å². The van der Waals surface area contributed by atoms with Crippen LogP contribution in [0.25, 0.3) is 0 Å². The first-order valence-electron chi connectivity index (χ1n) is 6.75. The third-order valence-electron chi connectivity index (χ3n) is 3.25. The van der Waals surface area contributed by atoms with Crippen LogP contribution in [0.15, 0.2) is 17.1 Å². The first kappa shape index (κ1) is 13.6. The number of rotatable bonds is 4. The van der Waals surface area contributed by atoms with Crippen LogP contribution in [-0.2, 0) is 13.6 Å². The Labute approximate surface area is 114 Å². The Morgan fingerprint density at radius 3 is 2.74 bits per heavy atom. The lowest BCUT2D eigenvalue weighted by atomic mass is 10.2. The molecule has 0 saturated heterocycles. The number of aromatic nitrogens is 3. The van der Waals surface area contributed by atoms with E-state index in [-0.39, 0.29) is 0 Å². The number of nitrogens with one attached hydrogen (secondary N) is 2. The Morgan fingerprint density at radius 1 is 1.42 bits per heavy atom. The molecule has 0 bridgehead atoms. The highest BCUT2D eigenvalue weighted by Gasteiger charge is 2.12. The van der Waals surface area contributed by atoms with Gasteiger partial charge in [-0.3, -0.25) is 0 Å². The second-order valence-corrected chi connectivity index (χ2v) is 4.70. The largest absolute Gasteiger partial charge is 0.357 e. The van der Waals surface area contributed by atoms with Crippen molar-refractivity contribution in [3.8, 4) is 0 Å². The van der Waals surface area contributed by atoms with E-state index < -0.39 is 0 Å². The van der Waals surface area contributed by atoms with Crippen LogP contribution in [0.4, 0.5) is 0 Å². The molecule has 0 saturated carbocycles. The molecular formula is C13H22N6. The van der Waals surface area contributed by atoms with Gasteiger partial charge in [0.2, 0.25) is 0 Å². The predicted octanol–water partition coefficient (Wildman–Crippen LogP) is 0.897. The van der Waals surface area contributed by atoms with Crippen molar-refractivity contribution in [1.29, 1.82) is 0 Å². The molecule has 1 aromatic heterocycles. The summed E-state index contributed by atoms with van der Waals surface area (Å²) in [5, 5.41) is 14.8. The number of hydrogen-bond acceptors (Lipinski definition) is 3. The lowest BCUT2D eigenvalue weighted by Gasteiger charge is -2.16. The summed E-state index contributed by atoms with van der Waals surface area (Å²) in [6, 6.07) is 0.457. The number of aliphatic imine (C=N–C) groups is 1. The van der Waals surface area contributed by atoms with Gasteiger partial charge in [-0.1, -0.05) is 12.2 Å². The molecule has 19 heavy (non-hydrogen) atoms. The lowest BCUT2D eigenvalue weighted by Crippen LogP contribution is -2.42. The van der Waals surface area contributed by atoms with Crippen molar-refractivity contribution >= 4 is 5.96 Å². The molecule has 2 N–H and O–H groups in total. The average Bonchev–Trinajstić information content (AvgIpc) is 3.00. The summed E-state index contributed by atoms with van der Waals surface area (Å²) in [5.41, 5.74) is 0. The third kappa shape index (κ3) is 3.56. The molecule has 1 heterocycles. The van der Waals surface area contributed by atoms with E-state index in [0.29, 0.717) is 12.6 Å². The zero-order valence-electron chi connectivity index (χ0n) is 11.8. The van der Waals surface area contributed by atoms with Gasteiger partial charge in [0, 0.05) is 19.6 Å². The SMILES string of the molecule is CCNC(=NCc1nnc(C)n1C)NC1CC=CC1. The molecule has 0 atom stereocenters. The van der Waals surface area contributed by atoms with E-state index in [4.69, 9.17) is 0 Å². The molecule has 0 radical (unpaired) electrons. The van der Waals surface area contributed by atoms with Crippen LogP contribution >= 0.6 is 0 Å². The van der Waals surface area contributed by atoms with Crippen LogP contribution in [-0.4, -0.2) is 33.3 Å². The Morgan fingerprint density at radius 2 is 2.16 bits per heavy atom. The van der Waals surface area contributed by atoms with Gasteiger partial charge in [-0.15, -0.1) is 10.2 Å². The molecule has 1 aliphatic carbocycles. The van der Waals surface area contributed by atoms with Crippen molar-refractivity contribution in [2.45, 2.75) is 39.3 Å². The zero-order valence-corrected chi connectivity index (χ0v) is 11.8. The highest BCUT2D eigenvalue weighted by molar-refractivity contribution is 5.80. The summed E-state index contributed by atoms with van der Waals surface area (Å²) in [6.45, 7) is 5.39. The van der Waals surface area contributed by atoms with Crippen molar-refractivity contribution in [1.82, 2.24) is 25.4 Å². The van der Waals surface area contributed by atoms with Crippen LogP contribution in [0.2, 0.25) is 0 Å². The maximum atomic E-state index is 4.56. The Hall–Kier alpha value is -1.85. The summed E-state index contributed by atoms with van der Waals surface area (Å²) in [4.78, 5) is 4.56. The summed E-state index contributed by atoms with van der Waals surface area (Å²) in [5.74, 6) is 2.62. The summed E-state index contributed by atoms with van der Waals surface area (Å²) < 4.78 is 1.96. The fraction of sp³-hybridized carbons (Fsp3) is 0.615. The van der Waals surface area contributed by atoms with Crippen molar-refractivity contribution in [2.75, 3.05) is 6.54 Å². The number of nitrogens with zero attached hydrogens (tertiary/aromatic N) is 4. The van der Waals surface area contributed by atoms with Gasteiger partial charge >= 0.3 is 0 Å². The van der Waals surface area contributed by atoms with Crippen LogP contribution in [0.1, 0.15) is 31.4 Å². The molecule has 0 aromatic carbocycles. The van der Waals surface area contributed by atoms with Gasteiger partial charge in [0.1, 0.15) is 12.4 Å². The number of guanidine groups is 1. The molecule has 0 fully saturated rings. The first-order valence-corrected chi connectivity index (χ1v) is 6.75. The van der Waals surface area contributed by atoms with Crippen molar-refractivity contribution in [2.24, 2.45) is 12.0 Å². The molecular weight excluding hydrogens is 240 g/mol. The van der Waals surface area contributed by atoms with Gasteiger partial charge in [0.15, 0.2) is 11.8 Å². The average molecular weight is 262 g/mol. The minimum Gasteiger partial charge on any atom is -0.357 e. The molecule has 2 rings (SSSR count). The minimum absolute atomic E-state index is 0.457. The molecule has 1 aliphatic rings. The van der Waals surface area contributed by atoms with Gasteiger partial charge in [0.25, 0.3) is 0 Å². The van der Waals surface area contributed by atoms with E-state index in [0.717, 1.165) is 37.0 Å². The highest BCUT2D eigenvalue weighted by Crippen LogP contribution is 2.08. The fourth-order valence-electron chi connectivity index (χ4n) is 1.99. The van der Waals surface area contributed by atoms with E-state index in [1.165, 1.54) is 0 Å². The monoisotopic (exact) mass is 262 g/mol. The molecule has 6 heteroatoms. The molecule has 0 amide bonds. The maximum absolute atomic E-state index is 4.56. The Kier molecular flexibility index (Phi) is 4.54. The highest BCUT2D eigenvalue weighted by atomic mass is 15.3. The first-order chi connectivity index (χ1) is 9.20. The van der Waals surface area contributed by atoms with E-state index in [1.807, 2.05) is 18.5 Å². The van der Waals surface area contributed by atoms with Gasteiger partial charge < -0.3 is 15.2 Å². The Bertz CT molecular complexity index is 465. The van der Waals surface area contributed by atoms with Crippen molar-refractivity contribution in [3.05, 3.63) is 23.8 Å². The van der Waals surface area contributed by atoms with Crippen LogP contribution in [0.3, 0.4) is 0 Å². The molecule has 1 aromatic rings. The van der Waals surface area contributed by atoms with Crippen LogP contribution in [0.5, 0.6) is 0 Å². The maximum Gasteiger partial charge on any atom is 0.191 e. The van der Waals surface area contributed by atoms with E-state index >= 15 is 0 Å². The van der Waals surface area contributed by atoms with Gasteiger partial charge in [0.05, 0.1) is 0 Å². The van der Waals surface area contributed by atoms with E-state index in [9.17, 15) is 0 Å². The smallest absolute Gasteiger partial charge is 0.191 e. The molecule has 0 aliphatic heterocycles. The van der Waals surface area contributed by atoms with Gasteiger partial charge in [-0.05, 0) is 26.7 Å². The predicted molar refractivity (Wildman–Crippen MR) is 75.9 cm³/mol. The van der Waals surface area contributed by atoms with Gasteiger partial charge in [-0.25, -0.2) is 4.99 Å². The Balaban J connectivity index is 1.97. The van der Waals surface area contributed by atoms with E-state index in [1.54, 1.807) is 0 Å². The topological polar surface area (TPSA) is 67.1 Å². The summed E-state index contributed by atoms with van der Waals surface area (Å²) in [6.07, 6.45) is 6.53. The normalized spacial score (nSPS) is 16.1. The van der Waals surface area contributed by atoms with Crippen LogP contribution < -0.4 is 10.6 Å². The quantitative estimate of drug-likeness (QED) is 0.480. The molecule has 104 valence electrons. The standard InChI is InChI=1S/C13H22N6/c1-4-14-13(16-11-7-5-6-8-11)15-9-12-18-17-10(2)19(12)3/h5-6,11H,4,7-9H2,1-3H3,(H2,14,15,16). The van der Waals surface area contributed by atoms with Crippen molar-refractivity contribution < 1.29 is 0 Å². The third-order valence-corrected chi connectivity index (χ3v) is 3.25. The van der Waals surface area contributed by atoms with Crippen molar-refractivity contribution in [3.63, 3.8) is 0 Å². The molecule has 0 spiro atoms. The number of hydrogen-bond donors (Lipinski definition) is 2. The number of aryl methyl sites for hydroxylation is 1. The lowest BCUT2D eigenvalue weighted by molar-refractivity contribution is 0.631. The molecule has 6 nitrogen and oxygen atoms in total. The fourth-order valence-corrected chi connectivity index (χ4v) is 1.99. The second kappa shape index (κ2) is 6.36. The minimum atomic E-state index is 0.457. The summed E-state index contributed by atoms with van der Waals surface area (Å²) in [7, 11) is 1.96. The molecule has 0 unspecified atom stereocenters. The van der Waals surface area contributed by atoms with Gasteiger partial charge in [-0.2, -0.15) is 0 Å². The zero-order chi connectivity index (χ0) is 13.7. The summed E-state index contributed by atoms with van der Waals surface area (Å²) >= 11 is 0. The van der Waals surface area contributed by atoms with Crippen LogP contribution in [0, 0.1) is 6.92 Å².